The Labute approximate surface area is 85.2 Å². The minimum atomic E-state index is -1.10. The zero-order chi connectivity index (χ0) is 10.1. The summed E-state index contributed by atoms with van der Waals surface area (Å²) in [5.41, 5.74) is 0. The van der Waals surface area contributed by atoms with Gasteiger partial charge in [0.2, 0.25) is 0 Å². The van der Waals surface area contributed by atoms with Gasteiger partial charge in [0.1, 0.15) is 0 Å². The predicted molar refractivity (Wildman–Crippen MR) is 57.3 cm³/mol. The molecule has 0 amide bonds. The molecule has 0 aromatic heterocycles. The molecule has 0 aromatic rings. The minimum absolute atomic E-state index is 0.554. The molecule has 1 aliphatic rings. The van der Waals surface area contributed by atoms with Crippen molar-refractivity contribution in [1.29, 1.82) is 0 Å². The first-order valence-corrected chi connectivity index (χ1v) is 6.16. The molecule has 0 bridgehead atoms. The summed E-state index contributed by atoms with van der Waals surface area (Å²) >= 11 is 1.52. The van der Waals surface area contributed by atoms with Gasteiger partial charge in [-0.2, -0.15) is 0 Å². The Morgan fingerprint density at radius 3 is 2.54 bits per heavy atom. The summed E-state index contributed by atoms with van der Waals surface area (Å²) < 4.78 is 15.9. The summed E-state index contributed by atoms with van der Waals surface area (Å²) in [6, 6.07) is 0. The second kappa shape index (κ2) is 4.18. The summed E-state index contributed by atoms with van der Waals surface area (Å²) in [7, 11) is 0. The molecule has 0 spiro atoms. The van der Waals surface area contributed by atoms with Gasteiger partial charge in [-0.05, 0) is 37.9 Å². The smallest absolute Gasteiger partial charge is 0.170 e. The summed E-state index contributed by atoms with van der Waals surface area (Å²) in [5.74, 6) is 0.0598. The lowest BCUT2D eigenvalue weighted by atomic mass is 9.83. The Bertz CT molecular complexity index is 170. The maximum absolute atomic E-state index is 14.1. The molecular weight excluding hydrogens is 185 g/mol. The molecule has 13 heavy (non-hydrogen) atoms. The number of nitrogens with zero attached hydrogens (tertiary/aromatic N) is 1. The van der Waals surface area contributed by atoms with E-state index >= 15 is 0 Å². The van der Waals surface area contributed by atoms with E-state index in [9.17, 15) is 4.39 Å². The van der Waals surface area contributed by atoms with Gasteiger partial charge >= 0.3 is 0 Å². The van der Waals surface area contributed by atoms with Crippen molar-refractivity contribution in [2.75, 3.05) is 12.8 Å². The van der Waals surface area contributed by atoms with Gasteiger partial charge in [-0.25, -0.2) is 8.70 Å². The van der Waals surface area contributed by atoms with Crippen molar-refractivity contribution in [3.05, 3.63) is 0 Å². The molecule has 3 heteroatoms. The SMILES string of the molecule is CSN1CCC(C(C)C)CC1(C)F. The van der Waals surface area contributed by atoms with Gasteiger partial charge in [0.25, 0.3) is 0 Å². The standard InChI is InChI=1S/C10H20FNS/c1-8(2)9-5-6-12(13-4)10(3,11)7-9/h8-9H,5-7H2,1-4H3. The van der Waals surface area contributed by atoms with Crippen LogP contribution in [0.15, 0.2) is 0 Å². The third-order valence-electron chi connectivity index (χ3n) is 3.02. The average molecular weight is 205 g/mol. The highest BCUT2D eigenvalue weighted by Crippen LogP contribution is 2.39. The van der Waals surface area contributed by atoms with Crippen molar-refractivity contribution < 1.29 is 4.39 Å². The second-order valence-electron chi connectivity index (χ2n) is 4.42. The van der Waals surface area contributed by atoms with Gasteiger partial charge in [0, 0.05) is 6.54 Å². The highest BCUT2D eigenvalue weighted by molar-refractivity contribution is 7.96. The fraction of sp³-hybridized carbons (Fsp3) is 1.00. The fourth-order valence-electron chi connectivity index (χ4n) is 2.05. The van der Waals surface area contributed by atoms with Crippen molar-refractivity contribution in [3.8, 4) is 0 Å². The molecule has 0 N–H and O–H groups in total. The van der Waals surface area contributed by atoms with Crippen LogP contribution in [0, 0.1) is 11.8 Å². The number of alkyl halides is 1. The van der Waals surface area contributed by atoms with Crippen LogP contribution in [-0.4, -0.2) is 22.9 Å². The van der Waals surface area contributed by atoms with E-state index in [0.717, 1.165) is 13.0 Å². The van der Waals surface area contributed by atoms with E-state index in [1.54, 1.807) is 6.92 Å². The number of halogens is 1. The second-order valence-corrected chi connectivity index (χ2v) is 5.23. The molecule has 1 rings (SSSR count). The van der Waals surface area contributed by atoms with Crippen molar-refractivity contribution in [2.24, 2.45) is 11.8 Å². The third-order valence-corrected chi connectivity index (χ3v) is 4.02. The van der Waals surface area contributed by atoms with E-state index in [4.69, 9.17) is 0 Å². The Balaban J connectivity index is 2.59. The molecule has 1 aliphatic heterocycles. The predicted octanol–water partition coefficient (Wildman–Crippen LogP) is 3.32. The van der Waals surface area contributed by atoms with E-state index in [-0.39, 0.29) is 0 Å². The van der Waals surface area contributed by atoms with E-state index < -0.39 is 5.79 Å². The number of hydrogen-bond donors (Lipinski definition) is 0. The molecule has 2 atom stereocenters. The summed E-state index contributed by atoms with van der Waals surface area (Å²) in [4.78, 5) is 0. The van der Waals surface area contributed by atoms with Crippen molar-refractivity contribution in [1.82, 2.24) is 4.31 Å². The zero-order valence-corrected chi connectivity index (χ0v) is 9.83. The van der Waals surface area contributed by atoms with Gasteiger partial charge in [-0.15, -0.1) is 0 Å². The Morgan fingerprint density at radius 2 is 2.15 bits per heavy atom. The van der Waals surface area contributed by atoms with Crippen molar-refractivity contribution >= 4 is 11.9 Å². The van der Waals surface area contributed by atoms with Gasteiger partial charge in [0.15, 0.2) is 5.79 Å². The van der Waals surface area contributed by atoms with Crippen LogP contribution in [0.2, 0.25) is 0 Å². The molecular formula is C10H20FNS. The van der Waals surface area contributed by atoms with Gasteiger partial charge in [-0.3, -0.25) is 0 Å². The zero-order valence-electron chi connectivity index (χ0n) is 9.01. The minimum Gasteiger partial charge on any atom is -0.226 e. The summed E-state index contributed by atoms with van der Waals surface area (Å²) in [6.45, 7) is 6.97. The van der Waals surface area contributed by atoms with Gasteiger partial charge in [-0.1, -0.05) is 25.8 Å². The van der Waals surface area contributed by atoms with Gasteiger partial charge < -0.3 is 0 Å². The molecule has 0 radical (unpaired) electrons. The first kappa shape index (κ1) is 11.3. The normalized spacial score (nSPS) is 36.9. The van der Waals surface area contributed by atoms with Crippen LogP contribution in [0.1, 0.15) is 33.6 Å². The highest BCUT2D eigenvalue weighted by atomic mass is 32.2. The number of piperidine rings is 1. The van der Waals surface area contributed by atoms with Crippen molar-refractivity contribution in [2.45, 2.75) is 39.4 Å². The lowest BCUT2D eigenvalue weighted by Crippen LogP contribution is -2.45. The lowest BCUT2D eigenvalue weighted by molar-refractivity contribution is -0.0135. The first-order valence-electron chi connectivity index (χ1n) is 4.98. The molecule has 1 nitrogen and oxygen atoms in total. The molecule has 1 saturated heterocycles. The first-order chi connectivity index (χ1) is 5.97. The van der Waals surface area contributed by atoms with Crippen LogP contribution in [0.3, 0.4) is 0 Å². The topological polar surface area (TPSA) is 3.24 Å². The monoisotopic (exact) mass is 205 g/mol. The molecule has 78 valence electrons. The largest absolute Gasteiger partial charge is 0.226 e. The van der Waals surface area contributed by atoms with Crippen molar-refractivity contribution in [3.63, 3.8) is 0 Å². The third kappa shape index (κ3) is 2.59. The van der Waals surface area contributed by atoms with Crippen LogP contribution in [0.25, 0.3) is 0 Å². The fourth-order valence-corrected chi connectivity index (χ4v) is 2.79. The van der Waals surface area contributed by atoms with E-state index in [1.807, 2.05) is 10.6 Å². The molecule has 2 unspecified atom stereocenters. The van der Waals surface area contributed by atoms with Crippen LogP contribution >= 0.6 is 11.9 Å². The van der Waals surface area contributed by atoms with E-state index in [1.165, 1.54) is 11.9 Å². The molecule has 0 saturated carbocycles. The Hall–Kier alpha value is 0.240. The van der Waals surface area contributed by atoms with Crippen LogP contribution in [0.4, 0.5) is 4.39 Å². The quantitative estimate of drug-likeness (QED) is 0.502. The molecule has 0 aromatic carbocycles. The molecule has 0 aliphatic carbocycles. The van der Waals surface area contributed by atoms with Crippen LogP contribution < -0.4 is 0 Å². The number of hydrogen-bond acceptors (Lipinski definition) is 2. The maximum Gasteiger partial charge on any atom is 0.170 e. The Morgan fingerprint density at radius 1 is 1.54 bits per heavy atom. The molecule has 1 fully saturated rings. The molecule has 1 heterocycles. The Kier molecular flexibility index (Phi) is 3.64. The summed E-state index contributed by atoms with van der Waals surface area (Å²) in [5, 5.41) is 0. The van der Waals surface area contributed by atoms with E-state index in [0.29, 0.717) is 18.3 Å². The van der Waals surface area contributed by atoms with E-state index in [2.05, 4.69) is 13.8 Å². The average Bonchev–Trinajstić information content (AvgIpc) is 2.02. The maximum atomic E-state index is 14.1. The van der Waals surface area contributed by atoms with Crippen LogP contribution in [-0.2, 0) is 0 Å². The van der Waals surface area contributed by atoms with Gasteiger partial charge in [0.05, 0.1) is 0 Å². The number of rotatable bonds is 2. The van der Waals surface area contributed by atoms with Crippen LogP contribution in [0.5, 0.6) is 0 Å². The lowest BCUT2D eigenvalue weighted by Gasteiger charge is -2.42. The highest BCUT2D eigenvalue weighted by Gasteiger charge is 2.39. The summed E-state index contributed by atoms with van der Waals surface area (Å²) in [6.07, 6.45) is 3.77.